The highest BCUT2D eigenvalue weighted by atomic mass is 16.5. The zero-order valence-corrected chi connectivity index (χ0v) is 11.1. The molecule has 2 aromatic carbocycles. The molecule has 0 spiro atoms. The maximum atomic E-state index is 11.7. The average Bonchev–Trinajstić information content (AvgIpc) is 2.46. The fourth-order valence-electron chi connectivity index (χ4n) is 2.30. The minimum atomic E-state index is -0.171. The summed E-state index contributed by atoms with van der Waals surface area (Å²) in [7, 11) is 1.57. The van der Waals surface area contributed by atoms with E-state index in [0.717, 1.165) is 16.3 Å². The number of methoxy groups -OCH3 is 1. The quantitative estimate of drug-likeness (QED) is 0.793. The number of H-pyrrole nitrogens is 1. The Hall–Kier alpha value is -2.46. The van der Waals surface area contributed by atoms with Gasteiger partial charge in [-0.2, -0.15) is 0 Å². The first-order valence-corrected chi connectivity index (χ1v) is 6.35. The van der Waals surface area contributed by atoms with Crippen molar-refractivity contribution >= 4 is 10.8 Å². The molecule has 0 saturated carbocycles. The van der Waals surface area contributed by atoms with Crippen LogP contribution in [0.15, 0.2) is 53.3 Å². The highest BCUT2D eigenvalue weighted by molar-refractivity contribution is 5.95. The fraction of sp³-hybridized carbons (Fsp3) is 0.125. The van der Waals surface area contributed by atoms with E-state index in [1.165, 1.54) is 6.07 Å². The van der Waals surface area contributed by atoms with Crippen LogP contribution < -0.4 is 5.56 Å². The SMILES string of the molecule is COCc1nc(-c2cccc3ccccc23)cc(=O)[nH]1. The largest absolute Gasteiger partial charge is 0.377 e. The van der Waals surface area contributed by atoms with Crippen molar-refractivity contribution in [2.75, 3.05) is 7.11 Å². The van der Waals surface area contributed by atoms with Crippen molar-refractivity contribution in [3.8, 4) is 11.3 Å². The van der Waals surface area contributed by atoms with Gasteiger partial charge in [0, 0.05) is 18.7 Å². The van der Waals surface area contributed by atoms with E-state index in [0.29, 0.717) is 11.5 Å². The second-order valence-electron chi connectivity index (χ2n) is 4.54. The van der Waals surface area contributed by atoms with E-state index < -0.39 is 0 Å². The fourth-order valence-corrected chi connectivity index (χ4v) is 2.30. The molecule has 1 N–H and O–H groups in total. The van der Waals surface area contributed by atoms with Gasteiger partial charge in [-0.25, -0.2) is 4.98 Å². The molecule has 0 unspecified atom stereocenters. The highest BCUT2D eigenvalue weighted by Gasteiger charge is 2.07. The van der Waals surface area contributed by atoms with Crippen LogP contribution in [0.4, 0.5) is 0 Å². The molecule has 0 aliphatic heterocycles. The lowest BCUT2D eigenvalue weighted by molar-refractivity contribution is 0.177. The topological polar surface area (TPSA) is 55.0 Å². The number of nitrogens with zero attached hydrogens (tertiary/aromatic N) is 1. The van der Waals surface area contributed by atoms with Crippen molar-refractivity contribution in [2.45, 2.75) is 6.61 Å². The Morgan fingerprint density at radius 3 is 2.80 bits per heavy atom. The smallest absolute Gasteiger partial charge is 0.251 e. The standard InChI is InChI=1S/C16H14N2O2/c1-20-10-15-17-14(9-16(19)18-15)13-8-4-6-11-5-2-3-7-12(11)13/h2-9H,10H2,1H3,(H,17,18,19). The molecule has 20 heavy (non-hydrogen) atoms. The molecule has 0 saturated heterocycles. The van der Waals surface area contributed by atoms with Gasteiger partial charge >= 0.3 is 0 Å². The highest BCUT2D eigenvalue weighted by Crippen LogP contribution is 2.26. The van der Waals surface area contributed by atoms with Gasteiger partial charge in [0.2, 0.25) is 0 Å². The molecule has 0 aliphatic rings. The van der Waals surface area contributed by atoms with Crippen LogP contribution in [0.3, 0.4) is 0 Å². The Balaban J connectivity index is 2.23. The van der Waals surface area contributed by atoms with Crippen LogP contribution >= 0.6 is 0 Å². The van der Waals surface area contributed by atoms with Crippen LogP contribution in [0, 0.1) is 0 Å². The minimum Gasteiger partial charge on any atom is -0.377 e. The van der Waals surface area contributed by atoms with Crippen LogP contribution in [0.5, 0.6) is 0 Å². The monoisotopic (exact) mass is 266 g/mol. The van der Waals surface area contributed by atoms with E-state index in [2.05, 4.69) is 9.97 Å². The van der Waals surface area contributed by atoms with Crippen LogP contribution in [-0.4, -0.2) is 17.1 Å². The average molecular weight is 266 g/mol. The van der Waals surface area contributed by atoms with Gasteiger partial charge in [-0.1, -0.05) is 42.5 Å². The Labute approximate surface area is 116 Å². The molecule has 100 valence electrons. The Bertz CT molecular complexity index is 803. The van der Waals surface area contributed by atoms with E-state index in [1.807, 2.05) is 42.5 Å². The molecule has 0 aliphatic carbocycles. The molecule has 3 rings (SSSR count). The van der Waals surface area contributed by atoms with Crippen LogP contribution in [-0.2, 0) is 11.3 Å². The van der Waals surface area contributed by atoms with Gasteiger partial charge < -0.3 is 9.72 Å². The van der Waals surface area contributed by atoms with Gasteiger partial charge in [0.25, 0.3) is 5.56 Å². The van der Waals surface area contributed by atoms with Crippen LogP contribution in [0.25, 0.3) is 22.0 Å². The van der Waals surface area contributed by atoms with Gasteiger partial charge in [-0.15, -0.1) is 0 Å². The summed E-state index contributed by atoms with van der Waals surface area (Å²) in [4.78, 5) is 18.9. The lowest BCUT2D eigenvalue weighted by Gasteiger charge is -2.07. The molecule has 4 heteroatoms. The summed E-state index contributed by atoms with van der Waals surface area (Å²) in [6.07, 6.45) is 0. The Morgan fingerprint density at radius 2 is 1.95 bits per heavy atom. The summed E-state index contributed by atoms with van der Waals surface area (Å²) in [5.41, 5.74) is 1.44. The summed E-state index contributed by atoms with van der Waals surface area (Å²) in [5.74, 6) is 0.530. The molecule has 4 nitrogen and oxygen atoms in total. The van der Waals surface area contributed by atoms with E-state index in [1.54, 1.807) is 7.11 Å². The maximum absolute atomic E-state index is 11.7. The number of rotatable bonds is 3. The van der Waals surface area contributed by atoms with Gasteiger partial charge in [0.1, 0.15) is 12.4 Å². The Morgan fingerprint density at radius 1 is 1.15 bits per heavy atom. The van der Waals surface area contributed by atoms with Crippen molar-refractivity contribution in [1.29, 1.82) is 0 Å². The molecular weight excluding hydrogens is 252 g/mol. The summed E-state index contributed by atoms with van der Waals surface area (Å²) in [6.45, 7) is 0.286. The minimum absolute atomic E-state index is 0.171. The third kappa shape index (κ3) is 2.33. The van der Waals surface area contributed by atoms with Gasteiger partial charge in [0.05, 0.1) is 5.69 Å². The number of aromatic amines is 1. The number of ether oxygens (including phenoxy) is 1. The summed E-state index contributed by atoms with van der Waals surface area (Å²) >= 11 is 0. The molecule has 0 atom stereocenters. The number of benzene rings is 2. The number of aromatic nitrogens is 2. The van der Waals surface area contributed by atoms with E-state index in [4.69, 9.17) is 4.74 Å². The van der Waals surface area contributed by atoms with E-state index in [-0.39, 0.29) is 12.2 Å². The van der Waals surface area contributed by atoms with E-state index >= 15 is 0 Å². The molecular formula is C16H14N2O2. The van der Waals surface area contributed by atoms with Crippen LogP contribution in [0.2, 0.25) is 0 Å². The zero-order chi connectivity index (χ0) is 13.9. The van der Waals surface area contributed by atoms with Gasteiger partial charge in [0.15, 0.2) is 0 Å². The number of fused-ring (bicyclic) bond motifs is 1. The normalized spacial score (nSPS) is 10.8. The van der Waals surface area contributed by atoms with Gasteiger partial charge in [-0.05, 0) is 10.8 Å². The second-order valence-corrected chi connectivity index (χ2v) is 4.54. The molecule has 1 heterocycles. The predicted molar refractivity (Wildman–Crippen MR) is 78.5 cm³/mol. The van der Waals surface area contributed by atoms with Crippen LogP contribution in [0.1, 0.15) is 5.82 Å². The third-order valence-electron chi connectivity index (χ3n) is 3.14. The summed E-state index contributed by atoms with van der Waals surface area (Å²) in [5, 5.41) is 2.21. The summed E-state index contributed by atoms with van der Waals surface area (Å²) < 4.78 is 5.03. The van der Waals surface area contributed by atoms with Crippen molar-refractivity contribution in [3.63, 3.8) is 0 Å². The van der Waals surface area contributed by atoms with Gasteiger partial charge in [-0.3, -0.25) is 4.79 Å². The first-order chi connectivity index (χ1) is 9.78. The molecule has 0 bridgehead atoms. The zero-order valence-electron chi connectivity index (χ0n) is 11.1. The van der Waals surface area contributed by atoms with E-state index in [9.17, 15) is 4.79 Å². The molecule has 3 aromatic rings. The first-order valence-electron chi connectivity index (χ1n) is 6.35. The molecule has 0 fully saturated rings. The lowest BCUT2D eigenvalue weighted by Crippen LogP contribution is -2.11. The van der Waals surface area contributed by atoms with Crippen molar-refractivity contribution in [1.82, 2.24) is 9.97 Å². The van der Waals surface area contributed by atoms with Crippen molar-refractivity contribution < 1.29 is 4.74 Å². The maximum Gasteiger partial charge on any atom is 0.251 e. The molecule has 1 aromatic heterocycles. The third-order valence-corrected chi connectivity index (χ3v) is 3.14. The first kappa shape index (κ1) is 12.6. The molecule has 0 radical (unpaired) electrons. The number of nitrogens with one attached hydrogen (secondary N) is 1. The van der Waals surface area contributed by atoms with Crippen molar-refractivity contribution in [3.05, 3.63) is 64.7 Å². The lowest BCUT2D eigenvalue weighted by atomic mass is 10.0. The predicted octanol–water partition coefficient (Wildman–Crippen LogP) is 2.74. The Kier molecular flexibility index (Phi) is 3.31. The molecule has 0 amide bonds. The number of hydrogen-bond acceptors (Lipinski definition) is 3. The number of hydrogen-bond donors (Lipinski definition) is 1. The van der Waals surface area contributed by atoms with Crippen molar-refractivity contribution in [2.24, 2.45) is 0 Å². The summed E-state index contributed by atoms with van der Waals surface area (Å²) in [6, 6.07) is 15.6. The second kappa shape index (κ2) is 5.27.